The second-order valence-corrected chi connectivity index (χ2v) is 6.11. The molecule has 0 unspecified atom stereocenters. The first-order chi connectivity index (χ1) is 9.49. The van der Waals surface area contributed by atoms with Gasteiger partial charge in [-0.05, 0) is 42.7 Å². The molecule has 0 aromatic heterocycles. The third-order valence-electron chi connectivity index (χ3n) is 3.10. The molecule has 0 bridgehead atoms. The Balaban J connectivity index is 2.30. The van der Waals surface area contributed by atoms with Crippen LogP contribution in [0.4, 0.5) is 4.39 Å². The van der Waals surface area contributed by atoms with Crippen LogP contribution in [0.5, 0.6) is 0 Å². The van der Waals surface area contributed by atoms with E-state index in [0.29, 0.717) is 10.8 Å². The summed E-state index contributed by atoms with van der Waals surface area (Å²) in [6.07, 6.45) is 0. The van der Waals surface area contributed by atoms with Crippen LogP contribution in [0.25, 0.3) is 0 Å². The topological polar surface area (TPSA) is 17.1 Å². The van der Waals surface area contributed by atoms with E-state index in [-0.39, 0.29) is 11.3 Å². The summed E-state index contributed by atoms with van der Waals surface area (Å²) in [6, 6.07) is 12.9. The molecule has 2 aromatic carbocycles. The minimum Gasteiger partial charge on any atom is -0.294 e. The standard InChI is InChI=1S/C17H17FOS/c1-11(2)13-7-9-14(10-8-13)20-16-6-4-5-15(18)17(16)12(3)19/h4-11H,1-3H3. The number of hydrogen-bond acceptors (Lipinski definition) is 2. The van der Waals surface area contributed by atoms with Gasteiger partial charge in [0.25, 0.3) is 0 Å². The van der Waals surface area contributed by atoms with Gasteiger partial charge in [-0.25, -0.2) is 4.39 Å². The molecular formula is C17H17FOS. The van der Waals surface area contributed by atoms with Crippen LogP contribution in [0.15, 0.2) is 52.3 Å². The fourth-order valence-electron chi connectivity index (χ4n) is 1.98. The van der Waals surface area contributed by atoms with Crippen molar-refractivity contribution in [2.24, 2.45) is 0 Å². The normalized spacial score (nSPS) is 10.8. The summed E-state index contributed by atoms with van der Waals surface area (Å²) in [5.41, 5.74) is 1.44. The minimum atomic E-state index is -0.457. The van der Waals surface area contributed by atoms with Crippen molar-refractivity contribution in [3.8, 4) is 0 Å². The molecule has 2 rings (SSSR count). The third kappa shape index (κ3) is 3.28. The van der Waals surface area contributed by atoms with Gasteiger partial charge < -0.3 is 0 Å². The number of Topliss-reactive ketones (excluding diaryl/α,β-unsaturated/α-hetero) is 1. The Morgan fingerprint density at radius 3 is 2.30 bits per heavy atom. The van der Waals surface area contributed by atoms with Crippen molar-refractivity contribution < 1.29 is 9.18 Å². The smallest absolute Gasteiger partial charge is 0.163 e. The summed E-state index contributed by atoms with van der Waals surface area (Å²) in [5.74, 6) is -0.221. The van der Waals surface area contributed by atoms with Crippen molar-refractivity contribution in [1.29, 1.82) is 0 Å². The monoisotopic (exact) mass is 288 g/mol. The van der Waals surface area contributed by atoms with Crippen LogP contribution >= 0.6 is 11.8 Å². The molecule has 0 saturated carbocycles. The van der Waals surface area contributed by atoms with Crippen molar-refractivity contribution >= 4 is 17.5 Å². The van der Waals surface area contributed by atoms with E-state index in [9.17, 15) is 9.18 Å². The van der Waals surface area contributed by atoms with Gasteiger partial charge in [0.15, 0.2) is 5.78 Å². The molecule has 0 atom stereocenters. The maximum atomic E-state index is 13.7. The number of benzene rings is 2. The van der Waals surface area contributed by atoms with E-state index in [0.717, 1.165) is 4.90 Å². The zero-order valence-electron chi connectivity index (χ0n) is 11.8. The van der Waals surface area contributed by atoms with Crippen LogP contribution in [-0.2, 0) is 0 Å². The fraction of sp³-hybridized carbons (Fsp3) is 0.235. The summed E-state index contributed by atoms with van der Waals surface area (Å²) in [7, 11) is 0. The molecule has 0 aliphatic carbocycles. The van der Waals surface area contributed by atoms with E-state index in [1.54, 1.807) is 12.1 Å². The van der Waals surface area contributed by atoms with Gasteiger partial charge in [-0.2, -0.15) is 0 Å². The second kappa shape index (κ2) is 6.23. The van der Waals surface area contributed by atoms with E-state index in [1.165, 1.54) is 30.3 Å². The number of ketones is 1. The number of rotatable bonds is 4. The average Bonchev–Trinajstić information content (AvgIpc) is 2.39. The highest BCUT2D eigenvalue weighted by atomic mass is 32.2. The van der Waals surface area contributed by atoms with Crippen LogP contribution < -0.4 is 0 Å². The largest absolute Gasteiger partial charge is 0.294 e. The highest BCUT2D eigenvalue weighted by Gasteiger charge is 2.13. The lowest BCUT2D eigenvalue weighted by atomic mass is 10.0. The Morgan fingerprint density at radius 1 is 1.10 bits per heavy atom. The fourth-order valence-corrected chi connectivity index (χ4v) is 2.99. The number of hydrogen-bond donors (Lipinski definition) is 0. The highest BCUT2D eigenvalue weighted by Crippen LogP contribution is 2.32. The average molecular weight is 288 g/mol. The summed E-state index contributed by atoms with van der Waals surface area (Å²) in [6.45, 7) is 5.68. The first kappa shape index (κ1) is 14.8. The number of halogens is 1. The molecule has 0 amide bonds. The Bertz CT molecular complexity index is 617. The quantitative estimate of drug-likeness (QED) is 0.710. The van der Waals surface area contributed by atoms with Crippen LogP contribution in [0, 0.1) is 5.82 Å². The second-order valence-electron chi connectivity index (χ2n) is 4.99. The van der Waals surface area contributed by atoms with Gasteiger partial charge in [0.2, 0.25) is 0 Å². The molecule has 0 aliphatic rings. The molecule has 0 fully saturated rings. The van der Waals surface area contributed by atoms with Crippen LogP contribution in [0.2, 0.25) is 0 Å². The van der Waals surface area contributed by atoms with E-state index in [1.807, 2.05) is 12.1 Å². The lowest BCUT2D eigenvalue weighted by Crippen LogP contribution is -1.99. The predicted octanol–water partition coefficient (Wildman–Crippen LogP) is 5.30. The molecule has 0 radical (unpaired) electrons. The molecule has 0 aliphatic heterocycles. The zero-order chi connectivity index (χ0) is 14.7. The maximum absolute atomic E-state index is 13.7. The van der Waals surface area contributed by atoms with Gasteiger partial charge in [0, 0.05) is 9.79 Å². The maximum Gasteiger partial charge on any atom is 0.163 e. The van der Waals surface area contributed by atoms with E-state index in [4.69, 9.17) is 0 Å². The molecule has 1 nitrogen and oxygen atoms in total. The van der Waals surface area contributed by atoms with Crippen molar-refractivity contribution in [2.75, 3.05) is 0 Å². The predicted molar refractivity (Wildman–Crippen MR) is 81.1 cm³/mol. The highest BCUT2D eigenvalue weighted by molar-refractivity contribution is 7.99. The zero-order valence-corrected chi connectivity index (χ0v) is 12.6. The van der Waals surface area contributed by atoms with E-state index in [2.05, 4.69) is 26.0 Å². The Labute approximate surface area is 123 Å². The van der Waals surface area contributed by atoms with Gasteiger partial charge >= 0.3 is 0 Å². The molecule has 0 spiro atoms. The molecule has 20 heavy (non-hydrogen) atoms. The Morgan fingerprint density at radius 2 is 1.75 bits per heavy atom. The SMILES string of the molecule is CC(=O)c1c(F)cccc1Sc1ccc(C(C)C)cc1. The molecular weight excluding hydrogens is 271 g/mol. The Kier molecular flexibility index (Phi) is 4.61. The van der Waals surface area contributed by atoms with Gasteiger partial charge in [0.1, 0.15) is 5.82 Å². The summed E-state index contributed by atoms with van der Waals surface area (Å²) in [4.78, 5) is 13.2. The molecule has 104 valence electrons. The number of carbonyl (C=O) groups is 1. The first-order valence-corrected chi connectivity index (χ1v) is 7.38. The molecule has 0 heterocycles. The Hall–Kier alpha value is -1.61. The summed E-state index contributed by atoms with van der Waals surface area (Å²) in [5, 5.41) is 0. The van der Waals surface area contributed by atoms with Crippen LogP contribution in [0.1, 0.15) is 42.6 Å². The summed E-state index contributed by atoms with van der Waals surface area (Å²) >= 11 is 1.42. The van der Waals surface area contributed by atoms with Crippen molar-refractivity contribution in [2.45, 2.75) is 36.5 Å². The van der Waals surface area contributed by atoms with Gasteiger partial charge in [-0.1, -0.05) is 43.8 Å². The van der Waals surface area contributed by atoms with Gasteiger partial charge in [-0.3, -0.25) is 4.79 Å². The lowest BCUT2D eigenvalue weighted by Gasteiger charge is -2.09. The summed E-state index contributed by atoms with van der Waals surface area (Å²) < 4.78 is 13.7. The van der Waals surface area contributed by atoms with E-state index < -0.39 is 5.82 Å². The van der Waals surface area contributed by atoms with Crippen molar-refractivity contribution in [1.82, 2.24) is 0 Å². The van der Waals surface area contributed by atoms with Crippen LogP contribution in [0.3, 0.4) is 0 Å². The molecule has 0 saturated heterocycles. The van der Waals surface area contributed by atoms with Gasteiger partial charge in [0.05, 0.1) is 5.56 Å². The van der Waals surface area contributed by atoms with Gasteiger partial charge in [-0.15, -0.1) is 0 Å². The molecule has 3 heteroatoms. The van der Waals surface area contributed by atoms with Crippen molar-refractivity contribution in [3.05, 3.63) is 59.4 Å². The lowest BCUT2D eigenvalue weighted by molar-refractivity contribution is 0.101. The van der Waals surface area contributed by atoms with E-state index >= 15 is 0 Å². The van der Waals surface area contributed by atoms with Crippen LogP contribution in [-0.4, -0.2) is 5.78 Å². The first-order valence-electron chi connectivity index (χ1n) is 6.56. The minimum absolute atomic E-state index is 0.172. The van der Waals surface area contributed by atoms with Crippen molar-refractivity contribution in [3.63, 3.8) is 0 Å². The molecule has 0 N–H and O–H groups in total. The number of carbonyl (C=O) groups excluding carboxylic acids is 1. The molecule has 2 aromatic rings. The third-order valence-corrected chi connectivity index (χ3v) is 4.17.